The highest BCUT2D eigenvalue weighted by Gasteiger charge is 2.62. The molecule has 3 amide bonds. The summed E-state index contributed by atoms with van der Waals surface area (Å²) in [6.45, 7) is -8.72. The van der Waals surface area contributed by atoms with Crippen LogP contribution in [-0.2, 0) is 111 Å². The zero-order chi connectivity index (χ0) is 99.5. The summed E-state index contributed by atoms with van der Waals surface area (Å²) in [6.07, 6.45) is -87.7. The highest BCUT2D eigenvalue weighted by atomic mass is 16.8. The summed E-state index contributed by atoms with van der Waals surface area (Å²) in [5.74, 6) is -7.76. The Morgan fingerprint density at radius 2 is 0.568 bits per heavy atom. The Hall–Kier alpha value is -9.21. The van der Waals surface area contributed by atoms with Crippen LogP contribution in [0.25, 0.3) is 0 Å². The monoisotopic (exact) mass is 1970 g/mol. The number of nitrogens with one attached hydrogen (secondary N) is 3. The Bertz CT molecular complexity index is 4790. The predicted molar refractivity (Wildman–Crippen MR) is 448 cm³/mol. The molecule has 139 heavy (non-hydrogen) atoms. The number of aliphatic hydroxyl groups excluding tert-OH is 20. The van der Waals surface area contributed by atoms with E-state index in [-0.39, 0.29) is 33.6 Å². The second-order valence-electron chi connectivity index (χ2n) is 34.0. The van der Waals surface area contributed by atoms with E-state index in [1.54, 1.807) is 36.4 Å². The third-order valence-electron chi connectivity index (χ3n) is 24.8. The van der Waals surface area contributed by atoms with Gasteiger partial charge in [-0.3, -0.25) is 14.4 Å². The van der Waals surface area contributed by atoms with Gasteiger partial charge in [0.1, 0.15) is 195 Å². The molecule has 0 radical (unpaired) electrons. The Balaban J connectivity index is 0.728. The Labute approximate surface area is 788 Å². The summed E-state index contributed by atoms with van der Waals surface area (Å²) in [5.41, 5.74) is 0.0767. The average molecular weight is 1970 g/mol. The Kier molecular flexibility index (Phi) is 36.3. The molecule has 0 aromatic heterocycles. The molecule has 14 bridgehead atoms. The maximum absolute atomic E-state index is 15.4. The van der Waals surface area contributed by atoms with E-state index < -0.39 is 365 Å². The summed E-state index contributed by atoms with van der Waals surface area (Å²) in [4.78, 5) is 101. The second kappa shape index (κ2) is 47.8. The van der Waals surface area contributed by atoms with Crippen LogP contribution >= 0.6 is 0 Å². The summed E-state index contributed by atoms with van der Waals surface area (Å²) >= 11 is 0. The third kappa shape index (κ3) is 24.3. The van der Waals surface area contributed by atoms with E-state index in [9.17, 15) is 136 Å². The van der Waals surface area contributed by atoms with Crippen molar-refractivity contribution in [3.8, 4) is 5.75 Å². The van der Waals surface area contributed by atoms with E-state index in [2.05, 4.69) is 16.0 Å². The van der Waals surface area contributed by atoms with Crippen molar-refractivity contribution in [1.29, 1.82) is 0 Å². The minimum Gasteiger partial charge on any atom is -0.508 e. The topological polar surface area (TPSA) is 756 Å². The fourth-order valence-electron chi connectivity index (χ4n) is 17.2. The number of hydrogen-bond acceptors (Lipinski definition) is 47. The van der Waals surface area contributed by atoms with Crippen LogP contribution in [0.3, 0.4) is 0 Å². The number of carbonyl (C=O) groups excluding carboxylic acids is 7. The van der Waals surface area contributed by atoms with Gasteiger partial charge in [0.15, 0.2) is 68.6 Å². The molecule has 22 aliphatic heterocycles. The number of rotatable bonds is 25. The molecule has 24 N–H and O–H groups in total. The van der Waals surface area contributed by atoms with Gasteiger partial charge in [-0.15, -0.1) is 0 Å². The third-order valence-corrected chi connectivity index (χ3v) is 24.8. The van der Waals surface area contributed by atoms with Gasteiger partial charge in [0.2, 0.25) is 17.7 Å². The van der Waals surface area contributed by atoms with Crippen LogP contribution in [0.4, 0.5) is 0 Å². The molecule has 5 aromatic rings. The quantitative estimate of drug-likeness (QED) is 0.0191. The first-order valence-electron chi connectivity index (χ1n) is 44.4. The van der Waals surface area contributed by atoms with E-state index in [1.165, 1.54) is 109 Å². The van der Waals surface area contributed by atoms with Gasteiger partial charge in [-0.1, -0.05) is 84.9 Å². The number of phenols is 1. The van der Waals surface area contributed by atoms with Gasteiger partial charge in [-0.2, -0.15) is 0 Å². The number of benzene rings is 5. The first-order chi connectivity index (χ1) is 66.7. The van der Waals surface area contributed by atoms with E-state index >= 15 is 4.79 Å². The number of phenolic OH excluding ortho intramolecular Hbond substituents is 1. The molecule has 50 nitrogen and oxygen atoms in total. The van der Waals surface area contributed by atoms with Gasteiger partial charge in [-0.05, 0) is 66.2 Å². The van der Waals surface area contributed by atoms with Gasteiger partial charge in [-0.25, -0.2) is 19.2 Å². The number of carbonyl (C=O) groups is 7. The lowest BCUT2D eigenvalue weighted by Gasteiger charge is -2.50. The molecule has 5 aromatic carbocycles. The molecule has 22 saturated heterocycles. The number of hydrogen-bond donors (Lipinski definition) is 24. The largest absolute Gasteiger partial charge is 0.508 e. The molecule has 764 valence electrons. The molecular weight excluding hydrogens is 1860 g/mol. The van der Waals surface area contributed by atoms with Crippen molar-refractivity contribution in [2.24, 2.45) is 0 Å². The molecule has 0 unspecified atom stereocenters. The van der Waals surface area contributed by atoms with Crippen molar-refractivity contribution in [2.75, 3.05) is 52.8 Å². The van der Waals surface area contributed by atoms with Crippen molar-refractivity contribution in [3.05, 3.63) is 173 Å². The van der Waals surface area contributed by atoms with Gasteiger partial charge in [0.25, 0.3) is 0 Å². The lowest BCUT2D eigenvalue weighted by atomic mass is 9.95. The zero-order valence-electron chi connectivity index (χ0n) is 73.3. The second-order valence-corrected chi connectivity index (χ2v) is 34.0. The highest BCUT2D eigenvalue weighted by molar-refractivity contribution is 5.93. The SMILES string of the molecule is O=C(CCC(=O)N[C@@H](Cc1ccc(O)cc1)C(=O)N[C@@H]1O[C@H](COC(=O)c2ccccc2)[C@@H](OC(=O)c2ccccc2)[C@H](OC(=O)c2ccccc2)[C@@H]1OC(=O)c1ccccc1)NC[C@H]1O[C@@H]2O[C@H]3[C@H](O)[C@H](O)[C@@H](O[C@H]4[C@H](O)[C@H](O)[C@@H](O[C@H]5[C@H](O)[C@@H](O)[C@@H](O[C@H]6[C@H](O)[C@@H](O)[C@@H](O[C@H]7[C@H](O)[C@@H](O)[C@@H](O[C@H]8[C@H](O)[C@@H](O)[C@@H](O[C@H]1[C@H](O)[C@H]2O)O[C@@H]8CO)O[C@@H]7CO)O[C@@H]6CO)O[C@@H]5CO)O[C@@H]4CO)O[C@@H]3CO. The van der Waals surface area contributed by atoms with Gasteiger partial charge >= 0.3 is 23.9 Å². The minimum absolute atomic E-state index is 0.0390. The Morgan fingerprint density at radius 3 is 0.878 bits per heavy atom. The van der Waals surface area contributed by atoms with Crippen LogP contribution in [0.2, 0.25) is 0 Å². The minimum atomic E-state index is -2.46. The van der Waals surface area contributed by atoms with Gasteiger partial charge in [0, 0.05) is 25.8 Å². The van der Waals surface area contributed by atoms with Crippen molar-refractivity contribution in [3.63, 3.8) is 0 Å². The Morgan fingerprint density at radius 1 is 0.295 bits per heavy atom. The standard InChI is InChI=1S/C89H111N3O47/c93-29-44-68-55(104)62(111)85(125-44)136-70-46(31-95)127-87(64(113)57(70)106)138-72-48(33-97)129-89(66(115)59(72)108)139-73-49(34-98)128-88(65(114)58(73)107)137-71-47(32-96)126-86(63(112)56(71)105)135-69-45(30-94)124-84(61(110)54(69)103)133-67-43(123-83(134-68)60(109)53(67)102)28-90-51(100)25-26-52(101)91-42(27-36-21-23-41(99)24-22-36)77(116)92-78-76(132-82(120)40-19-11-4-12-20-40)75(131-81(119)39-17-9-3-10-18-39)74(130-80(118)38-15-7-2-8-16-38)50(122-78)35-121-79(117)37-13-5-1-6-14-37/h1-24,42-50,53-76,78,83-89,93-99,102-115H,25-35H2,(H,90,100)(H,91,101)(H,92,116)/t42-,43+,44+,45+,46+,47+,48+,49+,50+,53+,54+,55+,56+,57+,58+,59+,60+,61+,62-,63+,64-,65+,66+,67+,68+,69+,70+,71+,72+,73+,74+,75-,76-,78+,83+,84+,85+,86+,87+,88+,89+/m0/s1. The number of amides is 3. The van der Waals surface area contributed by atoms with E-state index in [0.717, 1.165) is 0 Å². The lowest BCUT2D eigenvalue weighted by molar-refractivity contribution is -0.396. The maximum Gasteiger partial charge on any atom is 0.338 e. The maximum atomic E-state index is 15.4. The molecule has 27 rings (SSSR count). The summed E-state index contributed by atoms with van der Waals surface area (Å²) < 4.78 is 113. The van der Waals surface area contributed by atoms with Crippen LogP contribution < -0.4 is 16.0 Å². The summed E-state index contributed by atoms with van der Waals surface area (Å²) in [7, 11) is 0. The number of ether oxygens (including phenoxy) is 19. The molecule has 22 fully saturated rings. The smallest absolute Gasteiger partial charge is 0.338 e. The highest BCUT2D eigenvalue weighted by Crippen LogP contribution is 2.41. The molecule has 0 saturated carbocycles. The number of aromatic hydroxyl groups is 1. The molecule has 0 spiro atoms. The molecule has 0 aliphatic carbocycles. The fraction of sp³-hybridized carbons (Fsp3) is 0.584. The van der Waals surface area contributed by atoms with E-state index in [1.807, 2.05) is 0 Å². The van der Waals surface area contributed by atoms with Crippen LogP contribution in [-0.4, -0.2) is 453 Å². The van der Waals surface area contributed by atoms with Gasteiger partial charge < -0.3 is 213 Å². The van der Waals surface area contributed by atoms with Crippen LogP contribution in [0, 0.1) is 0 Å². The lowest BCUT2D eigenvalue weighted by Crippen LogP contribution is -2.68. The first-order valence-corrected chi connectivity index (χ1v) is 44.4. The number of esters is 4. The molecular formula is C89H111N3O47. The molecule has 22 heterocycles. The van der Waals surface area contributed by atoms with Crippen molar-refractivity contribution in [1.82, 2.24) is 16.0 Å². The van der Waals surface area contributed by atoms with Crippen LogP contribution in [0.15, 0.2) is 146 Å². The van der Waals surface area contributed by atoms with Crippen LogP contribution in [0.1, 0.15) is 59.8 Å². The average Bonchev–Trinajstić information content (AvgIpc) is 0.994. The predicted octanol–water partition coefficient (Wildman–Crippen LogP) is -10.5. The molecule has 41 atom stereocenters. The van der Waals surface area contributed by atoms with Crippen molar-refractivity contribution >= 4 is 41.6 Å². The normalized spacial score (nSPS) is 39.0. The zero-order valence-corrected chi connectivity index (χ0v) is 73.3. The van der Waals surface area contributed by atoms with E-state index in [0.29, 0.717) is 0 Å². The molecule has 50 heteroatoms. The van der Waals surface area contributed by atoms with Gasteiger partial charge in [0.05, 0.1) is 61.9 Å². The van der Waals surface area contributed by atoms with Crippen molar-refractivity contribution in [2.45, 2.75) is 271 Å². The summed E-state index contributed by atoms with van der Waals surface area (Å²) in [6, 6.07) is 33.0. The van der Waals surface area contributed by atoms with E-state index in [4.69, 9.17) is 90.0 Å². The first kappa shape index (κ1) is 106. The fourth-order valence-corrected chi connectivity index (χ4v) is 17.2. The summed E-state index contributed by atoms with van der Waals surface area (Å²) in [5, 5.41) is 247. The number of aliphatic hydroxyl groups is 20. The van der Waals surface area contributed by atoms with Crippen LogP contribution in [0.5, 0.6) is 5.75 Å². The molecule has 22 aliphatic rings. The van der Waals surface area contributed by atoms with Crippen molar-refractivity contribution < 1.29 is 231 Å².